The molecule has 0 spiro atoms. The van der Waals surface area contributed by atoms with Gasteiger partial charge in [0.2, 0.25) is 5.91 Å². The van der Waals surface area contributed by atoms with Gasteiger partial charge in [0.1, 0.15) is 17.9 Å². The van der Waals surface area contributed by atoms with Gasteiger partial charge in [-0.2, -0.15) is 0 Å². The fraction of sp³-hybridized carbons (Fsp3) is 0.435. The molecule has 1 aliphatic heterocycles. The minimum atomic E-state index is -0.656. The summed E-state index contributed by atoms with van der Waals surface area (Å²) in [6.45, 7) is 5.83. The molecule has 2 heterocycles. The standard InChI is InChI=1S/C23H30N4O5/c1-14(2)20(23(30)24-3)27-22(29)18-8-7-17(32-18)16-6-4-5-15(11-16)12-26-21(28)19-13-25-9-10-31-19/h4-8,11,14,19-20,25H,9-10,12-13H2,1-3H3,(H,24,30)(H,26,28)(H,27,29). The van der Waals surface area contributed by atoms with Gasteiger partial charge in [-0.05, 0) is 29.7 Å². The van der Waals surface area contributed by atoms with E-state index in [-0.39, 0.29) is 23.5 Å². The van der Waals surface area contributed by atoms with E-state index >= 15 is 0 Å². The van der Waals surface area contributed by atoms with Crippen LogP contribution in [0.15, 0.2) is 40.8 Å². The third-order valence-corrected chi connectivity index (χ3v) is 5.21. The molecular weight excluding hydrogens is 412 g/mol. The number of furan rings is 1. The second-order valence-electron chi connectivity index (χ2n) is 7.96. The number of ether oxygens (including phenoxy) is 1. The van der Waals surface area contributed by atoms with Crippen LogP contribution in [0.2, 0.25) is 0 Å². The molecule has 4 N–H and O–H groups in total. The maximum Gasteiger partial charge on any atom is 0.287 e. The topological polar surface area (TPSA) is 122 Å². The van der Waals surface area contributed by atoms with Gasteiger partial charge in [0.25, 0.3) is 11.8 Å². The maximum atomic E-state index is 12.6. The monoisotopic (exact) mass is 442 g/mol. The molecule has 2 atom stereocenters. The zero-order valence-electron chi connectivity index (χ0n) is 18.6. The summed E-state index contributed by atoms with van der Waals surface area (Å²) in [5, 5.41) is 11.3. The van der Waals surface area contributed by atoms with Crippen molar-refractivity contribution in [3.8, 4) is 11.3 Å². The lowest BCUT2D eigenvalue weighted by atomic mass is 10.0. The van der Waals surface area contributed by atoms with E-state index in [1.807, 2.05) is 38.1 Å². The first-order valence-corrected chi connectivity index (χ1v) is 10.7. The normalized spacial score (nSPS) is 16.9. The number of carbonyl (C=O) groups excluding carboxylic acids is 3. The molecule has 0 bridgehead atoms. The molecule has 0 aliphatic carbocycles. The van der Waals surface area contributed by atoms with Gasteiger partial charge < -0.3 is 30.4 Å². The van der Waals surface area contributed by atoms with Crippen LogP contribution in [-0.4, -0.2) is 56.6 Å². The van der Waals surface area contributed by atoms with Crippen LogP contribution in [0.5, 0.6) is 0 Å². The molecule has 1 aliphatic rings. The van der Waals surface area contributed by atoms with Gasteiger partial charge in [0.15, 0.2) is 5.76 Å². The van der Waals surface area contributed by atoms with Crippen molar-refractivity contribution in [2.45, 2.75) is 32.5 Å². The molecule has 1 aromatic carbocycles. The number of rotatable bonds is 8. The summed E-state index contributed by atoms with van der Waals surface area (Å²) >= 11 is 0. The molecule has 9 heteroatoms. The van der Waals surface area contributed by atoms with Crippen LogP contribution in [0, 0.1) is 5.92 Å². The van der Waals surface area contributed by atoms with Crippen LogP contribution < -0.4 is 21.3 Å². The summed E-state index contributed by atoms with van der Waals surface area (Å²) in [7, 11) is 1.53. The Morgan fingerprint density at radius 1 is 1.19 bits per heavy atom. The Hall–Kier alpha value is -3.17. The molecule has 1 saturated heterocycles. The van der Waals surface area contributed by atoms with Gasteiger partial charge in [-0.25, -0.2) is 0 Å². The zero-order chi connectivity index (χ0) is 23.1. The Bertz CT molecular complexity index is 949. The fourth-order valence-electron chi connectivity index (χ4n) is 3.39. The van der Waals surface area contributed by atoms with Gasteiger partial charge in [0, 0.05) is 32.2 Å². The van der Waals surface area contributed by atoms with Crippen LogP contribution in [-0.2, 0) is 20.9 Å². The fourth-order valence-corrected chi connectivity index (χ4v) is 3.39. The Morgan fingerprint density at radius 3 is 2.69 bits per heavy atom. The van der Waals surface area contributed by atoms with Gasteiger partial charge >= 0.3 is 0 Å². The van der Waals surface area contributed by atoms with E-state index in [1.165, 1.54) is 7.05 Å². The van der Waals surface area contributed by atoms with Gasteiger partial charge in [-0.15, -0.1) is 0 Å². The molecule has 0 radical (unpaired) electrons. The van der Waals surface area contributed by atoms with E-state index in [4.69, 9.17) is 9.15 Å². The summed E-state index contributed by atoms with van der Waals surface area (Å²) in [6, 6.07) is 10.1. The minimum absolute atomic E-state index is 0.0741. The van der Waals surface area contributed by atoms with Gasteiger partial charge in [-0.1, -0.05) is 32.0 Å². The molecule has 172 valence electrons. The van der Waals surface area contributed by atoms with E-state index in [1.54, 1.807) is 12.1 Å². The van der Waals surface area contributed by atoms with Crippen molar-refractivity contribution in [3.63, 3.8) is 0 Å². The summed E-state index contributed by atoms with van der Waals surface area (Å²) in [5.41, 5.74) is 1.67. The molecule has 32 heavy (non-hydrogen) atoms. The first-order valence-electron chi connectivity index (χ1n) is 10.7. The van der Waals surface area contributed by atoms with E-state index in [0.717, 1.165) is 17.7 Å². The van der Waals surface area contributed by atoms with E-state index < -0.39 is 18.1 Å². The lowest BCUT2D eigenvalue weighted by molar-refractivity contribution is -0.134. The third kappa shape index (κ3) is 5.95. The van der Waals surface area contributed by atoms with Crippen LogP contribution in [0.25, 0.3) is 11.3 Å². The van der Waals surface area contributed by atoms with Crippen LogP contribution in [0.3, 0.4) is 0 Å². The number of hydrogen-bond donors (Lipinski definition) is 4. The van der Waals surface area contributed by atoms with E-state index in [9.17, 15) is 14.4 Å². The quantitative estimate of drug-likeness (QED) is 0.485. The lowest BCUT2D eigenvalue weighted by Gasteiger charge is -2.22. The number of hydrogen-bond acceptors (Lipinski definition) is 6. The van der Waals surface area contributed by atoms with Gasteiger partial charge in [0.05, 0.1) is 6.61 Å². The first-order chi connectivity index (χ1) is 15.4. The predicted molar refractivity (Wildman–Crippen MR) is 119 cm³/mol. The van der Waals surface area contributed by atoms with E-state index in [2.05, 4.69) is 21.3 Å². The van der Waals surface area contributed by atoms with Crippen molar-refractivity contribution in [3.05, 3.63) is 47.7 Å². The highest BCUT2D eigenvalue weighted by Crippen LogP contribution is 2.23. The SMILES string of the molecule is CNC(=O)C(NC(=O)c1ccc(-c2cccc(CNC(=O)C3CNCCO3)c2)o1)C(C)C. The molecule has 3 rings (SSSR count). The van der Waals surface area contributed by atoms with Crippen LogP contribution in [0.4, 0.5) is 0 Å². The Balaban J connectivity index is 1.63. The molecule has 9 nitrogen and oxygen atoms in total. The van der Waals surface area contributed by atoms with Crippen molar-refractivity contribution in [2.75, 3.05) is 26.7 Å². The molecule has 2 unspecified atom stereocenters. The Labute approximate surface area is 187 Å². The molecule has 1 fully saturated rings. The first kappa shape index (κ1) is 23.5. The van der Waals surface area contributed by atoms with Crippen LogP contribution >= 0.6 is 0 Å². The van der Waals surface area contributed by atoms with Gasteiger partial charge in [-0.3, -0.25) is 14.4 Å². The lowest BCUT2D eigenvalue weighted by Crippen LogP contribution is -2.48. The van der Waals surface area contributed by atoms with Crippen molar-refractivity contribution >= 4 is 17.7 Å². The van der Waals surface area contributed by atoms with E-state index in [0.29, 0.717) is 25.5 Å². The summed E-state index contributed by atoms with van der Waals surface area (Å²) in [4.78, 5) is 36.8. The number of nitrogens with one attached hydrogen (secondary N) is 4. The van der Waals surface area contributed by atoms with Crippen molar-refractivity contribution in [1.29, 1.82) is 0 Å². The summed E-state index contributed by atoms with van der Waals surface area (Å²) in [6.07, 6.45) is -0.484. The highest BCUT2D eigenvalue weighted by molar-refractivity contribution is 5.96. The summed E-state index contributed by atoms with van der Waals surface area (Å²) < 4.78 is 11.2. The molecule has 2 aromatic rings. The third-order valence-electron chi connectivity index (χ3n) is 5.21. The number of morpholine rings is 1. The Morgan fingerprint density at radius 2 is 2.00 bits per heavy atom. The zero-order valence-corrected chi connectivity index (χ0v) is 18.6. The minimum Gasteiger partial charge on any atom is -0.451 e. The average Bonchev–Trinajstić information content (AvgIpc) is 3.31. The van der Waals surface area contributed by atoms with Crippen molar-refractivity contribution in [1.82, 2.24) is 21.3 Å². The van der Waals surface area contributed by atoms with Crippen LogP contribution in [0.1, 0.15) is 30.0 Å². The number of amides is 3. The largest absolute Gasteiger partial charge is 0.451 e. The smallest absolute Gasteiger partial charge is 0.287 e. The summed E-state index contributed by atoms with van der Waals surface area (Å²) in [5.74, 6) is -0.308. The van der Waals surface area contributed by atoms with Crippen molar-refractivity contribution in [2.24, 2.45) is 5.92 Å². The number of likely N-dealkylation sites (N-methyl/N-ethyl adjacent to an activating group) is 1. The average molecular weight is 443 g/mol. The highest BCUT2D eigenvalue weighted by atomic mass is 16.5. The molecule has 1 aromatic heterocycles. The highest BCUT2D eigenvalue weighted by Gasteiger charge is 2.25. The predicted octanol–water partition coefficient (Wildman–Crippen LogP) is 1.05. The second-order valence-corrected chi connectivity index (χ2v) is 7.96. The second kappa shape index (κ2) is 10.9. The molecule has 3 amide bonds. The van der Waals surface area contributed by atoms with Crippen molar-refractivity contribution < 1.29 is 23.5 Å². The number of benzene rings is 1. The number of carbonyl (C=O) groups is 3. The molecule has 0 saturated carbocycles. The maximum absolute atomic E-state index is 12.6. The molecular formula is C23H30N4O5. The Kier molecular flexibility index (Phi) is 8.02.